The Balaban J connectivity index is 2.07. The molecule has 0 aliphatic heterocycles. The van der Waals surface area contributed by atoms with E-state index in [4.69, 9.17) is 4.74 Å². The van der Waals surface area contributed by atoms with Crippen molar-refractivity contribution in [3.63, 3.8) is 0 Å². The van der Waals surface area contributed by atoms with Crippen LogP contribution in [-0.2, 0) is 4.79 Å². The summed E-state index contributed by atoms with van der Waals surface area (Å²) in [6, 6.07) is 12.1. The number of nitrogens with one attached hydrogen (secondary N) is 1. The highest BCUT2D eigenvalue weighted by atomic mass is 16.5. The van der Waals surface area contributed by atoms with Crippen molar-refractivity contribution >= 4 is 16.7 Å². The van der Waals surface area contributed by atoms with E-state index in [1.165, 1.54) is 6.42 Å². The van der Waals surface area contributed by atoms with Gasteiger partial charge in [0, 0.05) is 6.54 Å². The van der Waals surface area contributed by atoms with Crippen molar-refractivity contribution < 1.29 is 9.53 Å². The Bertz CT molecular complexity index is 636. The van der Waals surface area contributed by atoms with Crippen LogP contribution in [-0.4, -0.2) is 19.6 Å². The molecule has 0 aliphatic rings. The topological polar surface area (TPSA) is 38.3 Å². The maximum absolute atomic E-state index is 12.2. The highest BCUT2D eigenvalue weighted by Gasteiger charge is 2.15. The summed E-state index contributed by atoms with van der Waals surface area (Å²) >= 11 is 0. The number of rotatable bonds is 7. The minimum absolute atomic E-state index is 0.101. The molecular formula is C19H25NO2. The minimum Gasteiger partial charge on any atom is -0.497 e. The summed E-state index contributed by atoms with van der Waals surface area (Å²) in [4.78, 5) is 12.2. The van der Waals surface area contributed by atoms with Crippen molar-refractivity contribution in [1.29, 1.82) is 0 Å². The maximum atomic E-state index is 12.2. The molecule has 2 aromatic rings. The second kappa shape index (κ2) is 7.83. The fourth-order valence-corrected chi connectivity index (χ4v) is 2.53. The largest absolute Gasteiger partial charge is 0.497 e. The zero-order valence-corrected chi connectivity index (χ0v) is 13.7. The van der Waals surface area contributed by atoms with Crippen LogP contribution in [0.4, 0.5) is 0 Å². The first-order valence-electron chi connectivity index (χ1n) is 8.01. The van der Waals surface area contributed by atoms with E-state index in [1.54, 1.807) is 7.11 Å². The molecular weight excluding hydrogens is 274 g/mol. The van der Waals surface area contributed by atoms with Crippen LogP contribution in [0.5, 0.6) is 5.75 Å². The van der Waals surface area contributed by atoms with Gasteiger partial charge in [0.2, 0.25) is 5.91 Å². The first-order valence-corrected chi connectivity index (χ1v) is 8.01. The normalized spacial score (nSPS) is 12.1. The van der Waals surface area contributed by atoms with Crippen LogP contribution in [0.1, 0.15) is 44.6 Å². The molecule has 2 rings (SSSR count). The molecule has 0 heterocycles. The zero-order chi connectivity index (χ0) is 15.9. The highest BCUT2D eigenvalue weighted by molar-refractivity contribution is 5.88. The Morgan fingerprint density at radius 3 is 2.59 bits per heavy atom. The number of ether oxygens (including phenoxy) is 1. The number of benzene rings is 2. The van der Waals surface area contributed by atoms with Crippen molar-refractivity contribution in [1.82, 2.24) is 5.32 Å². The standard InChI is InChI=1S/C19H25NO2/c1-4-5-6-11-20-19(21)14(2)15-7-8-17-13-18(22-3)10-9-16(17)12-15/h7-10,12-14H,4-6,11H2,1-3H3,(H,20,21)/t14-/m0/s1. The lowest BCUT2D eigenvalue weighted by atomic mass is 9.97. The van der Waals surface area contributed by atoms with Crippen LogP contribution in [0.15, 0.2) is 36.4 Å². The van der Waals surface area contributed by atoms with Crippen LogP contribution in [0.3, 0.4) is 0 Å². The van der Waals surface area contributed by atoms with E-state index < -0.39 is 0 Å². The number of methoxy groups -OCH3 is 1. The van der Waals surface area contributed by atoms with E-state index in [9.17, 15) is 4.79 Å². The van der Waals surface area contributed by atoms with Crippen LogP contribution >= 0.6 is 0 Å². The average Bonchev–Trinajstić information content (AvgIpc) is 2.56. The third-order valence-electron chi connectivity index (χ3n) is 4.04. The van der Waals surface area contributed by atoms with Crippen molar-refractivity contribution in [3.8, 4) is 5.75 Å². The summed E-state index contributed by atoms with van der Waals surface area (Å²) in [7, 11) is 1.67. The minimum atomic E-state index is -0.131. The van der Waals surface area contributed by atoms with Gasteiger partial charge in [-0.2, -0.15) is 0 Å². The highest BCUT2D eigenvalue weighted by Crippen LogP contribution is 2.25. The van der Waals surface area contributed by atoms with Gasteiger partial charge < -0.3 is 10.1 Å². The lowest BCUT2D eigenvalue weighted by Crippen LogP contribution is -2.28. The number of unbranched alkanes of at least 4 members (excludes halogenated alkanes) is 2. The molecule has 0 radical (unpaired) electrons. The zero-order valence-electron chi connectivity index (χ0n) is 13.7. The molecule has 1 amide bonds. The summed E-state index contributed by atoms with van der Waals surface area (Å²) in [5.74, 6) is 0.819. The Hall–Kier alpha value is -2.03. The summed E-state index contributed by atoms with van der Waals surface area (Å²) in [6.07, 6.45) is 3.37. The van der Waals surface area contributed by atoms with Gasteiger partial charge in [-0.3, -0.25) is 4.79 Å². The molecule has 1 N–H and O–H groups in total. The molecule has 0 spiro atoms. The molecule has 3 heteroatoms. The first-order chi connectivity index (χ1) is 10.7. The number of hydrogen-bond acceptors (Lipinski definition) is 2. The molecule has 2 aromatic carbocycles. The van der Waals surface area contributed by atoms with Gasteiger partial charge in [-0.05, 0) is 41.8 Å². The lowest BCUT2D eigenvalue weighted by molar-refractivity contribution is -0.122. The second-order valence-electron chi connectivity index (χ2n) is 5.69. The third-order valence-corrected chi connectivity index (χ3v) is 4.04. The molecule has 22 heavy (non-hydrogen) atoms. The quantitative estimate of drug-likeness (QED) is 0.776. The van der Waals surface area contributed by atoms with E-state index in [0.717, 1.165) is 41.5 Å². The monoisotopic (exact) mass is 299 g/mol. The average molecular weight is 299 g/mol. The van der Waals surface area contributed by atoms with Gasteiger partial charge in [0.25, 0.3) is 0 Å². The fourth-order valence-electron chi connectivity index (χ4n) is 2.53. The van der Waals surface area contributed by atoms with Crippen molar-refractivity contribution in [2.24, 2.45) is 0 Å². The van der Waals surface area contributed by atoms with Gasteiger partial charge in [-0.15, -0.1) is 0 Å². The smallest absolute Gasteiger partial charge is 0.227 e. The van der Waals surface area contributed by atoms with Crippen molar-refractivity contribution in [2.75, 3.05) is 13.7 Å². The van der Waals surface area contributed by atoms with Crippen LogP contribution in [0.25, 0.3) is 10.8 Å². The van der Waals surface area contributed by atoms with Gasteiger partial charge in [-0.1, -0.05) is 44.0 Å². The molecule has 118 valence electrons. The number of carbonyl (C=O) groups is 1. The van der Waals surface area contributed by atoms with E-state index in [0.29, 0.717) is 0 Å². The summed E-state index contributed by atoms with van der Waals surface area (Å²) in [6.45, 7) is 4.89. The van der Waals surface area contributed by atoms with Crippen molar-refractivity contribution in [3.05, 3.63) is 42.0 Å². The van der Waals surface area contributed by atoms with Crippen molar-refractivity contribution in [2.45, 2.75) is 39.0 Å². The van der Waals surface area contributed by atoms with E-state index in [2.05, 4.69) is 18.3 Å². The Labute approximate surface area is 132 Å². The molecule has 0 saturated carbocycles. The SMILES string of the molecule is CCCCCNC(=O)[C@@H](C)c1ccc2cc(OC)ccc2c1. The number of carbonyl (C=O) groups excluding carboxylic acids is 1. The molecule has 0 bridgehead atoms. The number of amides is 1. The number of fused-ring (bicyclic) bond motifs is 1. The fraction of sp³-hybridized carbons (Fsp3) is 0.421. The molecule has 0 unspecified atom stereocenters. The Morgan fingerprint density at radius 2 is 1.86 bits per heavy atom. The van der Waals surface area contributed by atoms with Gasteiger partial charge in [0.05, 0.1) is 13.0 Å². The maximum Gasteiger partial charge on any atom is 0.227 e. The summed E-state index contributed by atoms with van der Waals surface area (Å²) in [5.41, 5.74) is 1.05. The molecule has 3 nitrogen and oxygen atoms in total. The molecule has 0 fully saturated rings. The second-order valence-corrected chi connectivity index (χ2v) is 5.69. The summed E-state index contributed by atoms with van der Waals surface area (Å²) in [5, 5.41) is 5.28. The molecule has 0 saturated heterocycles. The predicted octanol–water partition coefficient (Wildman–Crippen LogP) is 4.26. The van der Waals surface area contributed by atoms with Gasteiger partial charge in [0.15, 0.2) is 0 Å². The predicted molar refractivity (Wildman–Crippen MR) is 91.4 cm³/mol. The van der Waals surface area contributed by atoms with Gasteiger partial charge in [-0.25, -0.2) is 0 Å². The van der Waals surface area contributed by atoms with E-state index in [-0.39, 0.29) is 11.8 Å². The molecule has 0 aromatic heterocycles. The van der Waals surface area contributed by atoms with E-state index in [1.807, 2.05) is 37.3 Å². The van der Waals surface area contributed by atoms with Crippen LogP contribution in [0.2, 0.25) is 0 Å². The third kappa shape index (κ3) is 4.00. The van der Waals surface area contributed by atoms with E-state index >= 15 is 0 Å². The first kappa shape index (κ1) is 16.3. The van der Waals surface area contributed by atoms with Gasteiger partial charge >= 0.3 is 0 Å². The van der Waals surface area contributed by atoms with Gasteiger partial charge in [0.1, 0.15) is 5.75 Å². The summed E-state index contributed by atoms with van der Waals surface area (Å²) < 4.78 is 5.24. The van der Waals surface area contributed by atoms with Crippen LogP contribution < -0.4 is 10.1 Å². The lowest BCUT2D eigenvalue weighted by Gasteiger charge is -2.13. The van der Waals surface area contributed by atoms with Crippen LogP contribution in [0, 0.1) is 0 Å². The number of hydrogen-bond donors (Lipinski definition) is 1. The molecule has 1 atom stereocenters. The Morgan fingerprint density at radius 1 is 1.14 bits per heavy atom. The Kier molecular flexibility index (Phi) is 5.82. The molecule has 0 aliphatic carbocycles.